The van der Waals surface area contributed by atoms with Gasteiger partial charge in [-0.25, -0.2) is 4.98 Å². The van der Waals surface area contributed by atoms with Crippen molar-refractivity contribution in [1.82, 2.24) is 35.0 Å². The average molecular weight is 834 g/mol. The van der Waals surface area contributed by atoms with Crippen molar-refractivity contribution in [2.45, 2.75) is 120 Å². The van der Waals surface area contributed by atoms with Crippen LogP contribution in [0.1, 0.15) is 87.7 Å². The van der Waals surface area contributed by atoms with Crippen LogP contribution in [0, 0.1) is 12.8 Å². The molecule has 1 unspecified atom stereocenters. The van der Waals surface area contributed by atoms with Gasteiger partial charge in [-0.3, -0.25) is 23.9 Å². The second-order valence-electron chi connectivity index (χ2n) is 16.1. The molecule has 318 valence electrons. The zero-order chi connectivity index (χ0) is 41.8. The molecule has 0 bridgehead atoms. The zero-order valence-corrected chi connectivity index (χ0v) is 35.2. The maximum atomic E-state index is 14.8. The van der Waals surface area contributed by atoms with Gasteiger partial charge < -0.3 is 39.0 Å². The molecule has 2 saturated carbocycles. The van der Waals surface area contributed by atoms with Gasteiger partial charge in [-0.15, -0.1) is 0 Å². The molecule has 4 aliphatic rings. The summed E-state index contributed by atoms with van der Waals surface area (Å²) in [6.45, 7) is 6.58. The minimum Gasteiger partial charge on any atom is -0.593 e. The third-order valence-corrected chi connectivity index (χ3v) is 12.8. The van der Waals surface area contributed by atoms with Crippen LogP contribution in [0.25, 0.3) is 10.9 Å². The second-order valence-corrected chi connectivity index (χ2v) is 17.6. The number of nitrogens with one attached hydrogen (secondary N) is 3. The molecule has 4 amide bonds. The molecule has 1 aromatic carbocycles. The van der Waals surface area contributed by atoms with E-state index in [4.69, 9.17) is 23.9 Å². The summed E-state index contributed by atoms with van der Waals surface area (Å²) in [6.07, 6.45) is 10.1. The van der Waals surface area contributed by atoms with Gasteiger partial charge in [-0.05, 0) is 64.7 Å². The molecular formula is C42H55N7O9S. The van der Waals surface area contributed by atoms with Crippen LogP contribution in [0.2, 0.25) is 0 Å². The topological polar surface area (TPSA) is 198 Å². The molecule has 3 aromatic rings. The lowest BCUT2D eigenvalue weighted by Gasteiger charge is -2.29. The van der Waals surface area contributed by atoms with Crippen molar-refractivity contribution in [2.75, 3.05) is 27.4 Å². The molecule has 0 radical (unpaired) electrons. The molecule has 2 aliphatic heterocycles. The monoisotopic (exact) mass is 833 g/mol. The van der Waals surface area contributed by atoms with Gasteiger partial charge in [0.05, 0.1) is 49.8 Å². The molecule has 0 spiro atoms. The summed E-state index contributed by atoms with van der Waals surface area (Å²) in [4.78, 5) is 63.1. The molecule has 17 heteroatoms. The van der Waals surface area contributed by atoms with Crippen LogP contribution in [0.3, 0.4) is 0 Å². The number of hydrogen-bond donors (Lipinski definition) is 3. The van der Waals surface area contributed by atoms with Gasteiger partial charge in [0.25, 0.3) is 11.8 Å². The van der Waals surface area contributed by atoms with E-state index in [1.807, 2.05) is 45.1 Å². The standard InChI is InChI=1S/C42H55N7O9S/c1-25(2)57-36-22-35(30-15-16-34(56-5)26(3)37(30)44-36)58-28-21-33-39(51)45-42(41(53)47-59(54)29-13-14-29)23-27(42)11-9-7-6-8-10-12-32(40(52)49(33)24-28)43-38(50)31-17-18-48(46-31)19-20-55-4/h9,11,15-18,22,25,27-29,32-33H,6-8,10,12-14,19-21,23-24H2,1-5H3,(H,43,50)(H,45,51)(H,47,53)/b11-9-/t27-,28-,32+,33+,42-,59?/m1/s1. The lowest BCUT2D eigenvalue weighted by atomic mass is 10.0. The largest absolute Gasteiger partial charge is 0.593 e. The van der Waals surface area contributed by atoms with Crippen LogP contribution < -0.4 is 29.6 Å². The summed E-state index contributed by atoms with van der Waals surface area (Å²) >= 11 is -1.56. The Balaban J connectivity index is 1.21. The average Bonchev–Trinajstić information content (AvgIpc) is 4.08. The fourth-order valence-electron chi connectivity index (χ4n) is 7.89. The van der Waals surface area contributed by atoms with Crippen LogP contribution in [-0.4, -0.2) is 110 Å². The van der Waals surface area contributed by atoms with Crippen LogP contribution in [0.5, 0.6) is 17.4 Å². The Bertz CT molecular complexity index is 2070. The van der Waals surface area contributed by atoms with Gasteiger partial charge in [0.2, 0.25) is 17.7 Å². The van der Waals surface area contributed by atoms with Crippen LogP contribution >= 0.6 is 0 Å². The molecule has 2 aromatic heterocycles. The number of aryl methyl sites for hydroxylation is 1. The predicted octanol–water partition coefficient (Wildman–Crippen LogP) is 3.67. The summed E-state index contributed by atoms with van der Waals surface area (Å²) in [5, 5.41) is 10.9. The Labute approximate surface area is 347 Å². The van der Waals surface area contributed by atoms with E-state index in [9.17, 15) is 23.7 Å². The van der Waals surface area contributed by atoms with Crippen LogP contribution in [-0.2, 0) is 37.0 Å². The Kier molecular flexibility index (Phi) is 13.0. The number of pyridine rings is 1. The highest BCUT2D eigenvalue weighted by atomic mass is 32.2. The summed E-state index contributed by atoms with van der Waals surface area (Å²) in [6, 6.07) is 4.95. The summed E-state index contributed by atoms with van der Waals surface area (Å²) in [5.41, 5.74) is 0.247. The molecule has 16 nitrogen and oxygen atoms in total. The lowest BCUT2D eigenvalue weighted by molar-refractivity contribution is -0.141. The third kappa shape index (κ3) is 9.62. The van der Waals surface area contributed by atoms with Crippen molar-refractivity contribution in [3.05, 3.63) is 53.9 Å². The first kappa shape index (κ1) is 42.3. The van der Waals surface area contributed by atoms with E-state index in [-0.39, 0.29) is 35.9 Å². The van der Waals surface area contributed by atoms with E-state index in [1.165, 1.54) is 4.90 Å². The molecule has 4 heterocycles. The van der Waals surface area contributed by atoms with Gasteiger partial charge >= 0.3 is 0 Å². The zero-order valence-electron chi connectivity index (χ0n) is 34.4. The molecule has 3 fully saturated rings. The molecule has 3 N–H and O–H groups in total. The summed E-state index contributed by atoms with van der Waals surface area (Å²) in [7, 11) is 3.17. The molecule has 1 saturated heterocycles. The van der Waals surface area contributed by atoms with E-state index in [0.29, 0.717) is 60.7 Å². The number of aromatic nitrogens is 3. The lowest BCUT2D eigenvalue weighted by Crippen LogP contribution is -2.58. The first-order chi connectivity index (χ1) is 28.4. The van der Waals surface area contributed by atoms with Crippen molar-refractivity contribution in [3.8, 4) is 17.4 Å². The highest BCUT2D eigenvalue weighted by Crippen LogP contribution is 2.46. The summed E-state index contributed by atoms with van der Waals surface area (Å²) < 4.78 is 40.6. The number of amides is 4. The van der Waals surface area contributed by atoms with Gasteiger partial charge in [0, 0.05) is 55.5 Å². The number of ether oxygens (including phenoxy) is 4. The highest BCUT2D eigenvalue weighted by Gasteiger charge is 2.62. The SMILES string of the molecule is COCCn1ccc(C(=O)N[C@H]2CCCCC/C=C\[C@@H]3C[C@@]3(C(=O)N[S+]([O-])C3CC3)NC(=O)[C@@H]3C[C@@H](Oc4cc(OC(C)C)nc5c(C)c(OC)ccc45)CN3C2=O)n1. The molecule has 7 rings (SSSR count). The number of methoxy groups -OCH3 is 2. The van der Waals surface area contributed by atoms with Crippen molar-refractivity contribution in [2.24, 2.45) is 5.92 Å². The van der Waals surface area contributed by atoms with Crippen molar-refractivity contribution in [3.63, 3.8) is 0 Å². The fourth-order valence-corrected chi connectivity index (χ4v) is 8.99. The Morgan fingerprint density at radius 1 is 1.10 bits per heavy atom. The highest BCUT2D eigenvalue weighted by molar-refractivity contribution is 7.90. The number of rotatable bonds is 13. The van der Waals surface area contributed by atoms with Gasteiger partial charge in [0.1, 0.15) is 46.2 Å². The van der Waals surface area contributed by atoms with Crippen LogP contribution in [0.15, 0.2) is 42.6 Å². The van der Waals surface area contributed by atoms with Crippen LogP contribution in [0.4, 0.5) is 0 Å². The molecular weight excluding hydrogens is 779 g/mol. The summed E-state index contributed by atoms with van der Waals surface area (Å²) in [5.74, 6) is -0.845. The normalized spacial score (nSPS) is 25.8. The minimum absolute atomic E-state index is 0.0164. The number of benzene rings is 1. The fraction of sp³-hybridized carbons (Fsp3) is 0.571. The van der Waals surface area contributed by atoms with E-state index >= 15 is 0 Å². The number of allylic oxidation sites excluding steroid dienone is 1. The van der Waals surface area contributed by atoms with E-state index in [0.717, 1.165) is 37.7 Å². The quantitative estimate of drug-likeness (QED) is 0.168. The number of fused-ring (bicyclic) bond motifs is 3. The maximum Gasteiger partial charge on any atom is 0.287 e. The first-order valence-corrected chi connectivity index (χ1v) is 21.8. The van der Waals surface area contributed by atoms with Crippen molar-refractivity contribution < 1.29 is 42.7 Å². The molecule has 2 aliphatic carbocycles. The Morgan fingerprint density at radius 3 is 2.66 bits per heavy atom. The Hall–Kier alpha value is -4.87. The Morgan fingerprint density at radius 2 is 1.92 bits per heavy atom. The number of carbonyl (C=O) groups excluding carboxylic acids is 4. The number of nitrogens with zero attached hydrogens (tertiary/aromatic N) is 4. The maximum absolute atomic E-state index is 14.8. The van der Waals surface area contributed by atoms with Gasteiger partial charge in [-0.1, -0.05) is 25.0 Å². The van der Waals surface area contributed by atoms with E-state index in [2.05, 4.69) is 20.5 Å². The molecule has 59 heavy (non-hydrogen) atoms. The third-order valence-electron chi connectivity index (χ3n) is 11.4. The van der Waals surface area contributed by atoms with Crippen molar-refractivity contribution in [1.29, 1.82) is 0 Å². The predicted molar refractivity (Wildman–Crippen MR) is 219 cm³/mol. The van der Waals surface area contributed by atoms with E-state index < -0.39 is 58.7 Å². The van der Waals surface area contributed by atoms with Crippen molar-refractivity contribution >= 4 is 45.9 Å². The smallest absolute Gasteiger partial charge is 0.287 e. The second kappa shape index (κ2) is 18.2. The number of carbonyl (C=O) groups is 4. The first-order valence-electron chi connectivity index (χ1n) is 20.6. The molecule has 6 atom stereocenters. The van der Waals surface area contributed by atoms with Gasteiger partial charge in [-0.2, -0.15) is 9.82 Å². The van der Waals surface area contributed by atoms with Gasteiger partial charge in [0.15, 0.2) is 0 Å². The minimum atomic E-state index is -1.56. The van der Waals surface area contributed by atoms with E-state index in [1.54, 1.807) is 37.2 Å². The number of hydrogen-bond acceptors (Lipinski definition) is 11.